The molecule has 5 heteroatoms. The molecule has 1 heterocycles. The molecule has 98 valence electrons. The zero-order chi connectivity index (χ0) is 13.1. The highest BCUT2D eigenvalue weighted by atomic mass is 19.1. The summed E-state index contributed by atoms with van der Waals surface area (Å²) in [6.45, 7) is 2.04. The van der Waals surface area contributed by atoms with Gasteiger partial charge in [0.15, 0.2) is 0 Å². The third-order valence-electron chi connectivity index (χ3n) is 3.32. The van der Waals surface area contributed by atoms with Gasteiger partial charge in [-0.2, -0.15) is 0 Å². The van der Waals surface area contributed by atoms with Crippen LogP contribution < -0.4 is 5.73 Å². The summed E-state index contributed by atoms with van der Waals surface area (Å²) >= 11 is 0. The Morgan fingerprint density at radius 1 is 1.44 bits per heavy atom. The minimum Gasteiger partial charge on any atom is -0.393 e. The maximum Gasteiger partial charge on any atom is 0.138 e. The van der Waals surface area contributed by atoms with Crippen molar-refractivity contribution in [2.24, 2.45) is 5.73 Å². The summed E-state index contributed by atoms with van der Waals surface area (Å²) in [5.41, 5.74) is 6.04. The van der Waals surface area contributed by atoms with E-state index in [1.165, 1.54) is 6.07 Å². The smallest absolute Gasteiger partial charge is 0.138 e. The number of halogens is 1. The highest BCUT2D eigenvalue weighted by Crippen LogP contribution is 2.18. The number of aliphatic hydroxyl groups is 1. The van der Waals surface area contributed by atoms with Crippen LogP contribution in [0.25, 0.3) is 0 Å². The molecule has 0 saturated carbocycles. The summed E-state index contributed by atoms with van der Waals surface area (Å²) in [5, 5.41) is 16.7. The van der Waals surface area contributed by atoms with Crippen molar-refractivity contribution in [2.45, 2.75) is 25.5 Å². The zero-order valence-electron chi connectivity index (χ0n) is 10.2. The molecule has 0 amide bonds. The summed E-state index contributed by atoms with van der Waals surface area (Å²) in [6.07, 6.45) is 1.23. The topological polar surface area (TPSA) is 73.3 Å². The Kier molecular flexibility index (Phi) is 3.93. The fraction of sp³-hybridized carbons (Fsp3) is 0.462. The summed E-state index contributed by atoms with van der Waals surface area (Å²) in [7, 11) is 0. The van der Waals surface area contributed by atoms with Crippen LogP contribution in [0.5, 0.6) is 0 Å². The number of nitrogens with one attached hydrogen (secondary N) is 1. The van der Waals surface area contributed by atoms with Crippen LogP contribution in [0.1, 0.15) is 24.0 Å². The number of nitrogens with zero attached hydrogens (tertiary/aromatic N) is 1. The fourth-order valence-electron chi connectivity index (χ4n) is 2.23. The van der Waals surface area contributed by atoms with E-state index in [2.05, 4.69) is 4.90 Å². The molecule has 1 aliphatic heterocycles. The normalized spacial score (nSPS) is 17.9. The minimum absolute atomic E-state index is 0.157. The Hall–Kier alpha value is -1.46. The van der Waals surface area contributed by atoms with E-state index >= 15 is 0 Å². The SMILES string of the molecule is N=C(N)c1cccc(CN2CCC(O)CC2)c1F. The number of nitrogen functional groups attached to an aromatic ring is 1. The average molecular weight is 251 g/mol. The lowest BCUT2D eigenvalue weighted by Gasteiger charge is -2.29. The molecule has 0 atom stereocenters. The molecule has 0 aromatic heterocycles. The van der Waals surface area contributed by atoms with Gasteiger partial charge in [-0.3, -0.25) is 10.3 Å². The molecule has 4 N–H and O–H groups in total. The maximum atomic E-state index is 14.1. The molecule has 1 aromatic carbocycles. The van der Waals surface area contributed by atoms with E-state index in [-0.39, 0.29) is 17.5 Å². The first-order valence-corrected chi connectivity index (χ1v) is 6.10. The van der Waals surface area contributed by atoms with Crippen molar-refractivity contribution in [3.8, 4) is 0 Å². The Bertz CT molecular complexity index is 442. The number of piperidine rings is 1. The molecule has 18 heavy (non-hydrogen) atoms. The second-order valence-electron chi connectivity index (χ2n) is 4.70. The largest absolute Gasteiger partial charge is 0.393 e. The number of hydrogen-bond acceptors (Lipinski definition) is 3. The van der Waals surface area contributed by atoms with E-state index < -0.39 is 5.82 Å². The summed E-state index contributed by atoms with van der Waals surface area (Å²) in [5.74, 6) is -0.653. The number of benzene rings is 1. The van der Waals surface area contributed by atoms with E-state index in [0.717, 1.165) is 25.9 Å². The van der Waals surface area contributed by atoms with Gasteiger partial charge in [0.2, 0.25) is 0 Å². The third-order valence-corrected chi connectivity index (χ3v) is 3.32. The van der Waals surface area contributed by atoms with Crippen molar-refractivity contribution in [1.29, 1.82) is 5.41 Å². The van der Waals surface area contributed by atoms with Crippen LogP contribution in [0.2, 0.25) is 0 Å². The molecule has 4 nitrogen and oxygen atoms in total. The van der Waals surface area contributed by atoms with E-state index in [1.807, 2.05) is 0 Å². The molecule has 2 rings (SSSR count). The molecular weight excluding hydrogens is 233 g/mol. The zero-order valence-corrected chi connectivity index (χ0v) is 10.2. The number of aliphatic hydroxyl groups excluding tert-OH is 1. The van der Waals surface area contributed by atoms with Crippen LogP contribution in [0.15, 0.2) is 18.2 Å². The molecule has 1 aliphatic rings. The van der Waals surface area contributed by atoms with Crippen molar-refractivity contribution in [3.63, 3.8) is 0 Å². The lowest BCUT2D eigenvalue weighted by Crippen LogP contribution is -2.35. The number of hydrogen-bond donors (Lipinski definition) is 3. The Labute approximate surface area is 106 Å². The predicted octanol–water partition coefficient (Wildman–Crippen LogP) is 1.07. The molecule has 0 aliphatic carbocycles. The molecule has 0 spiro atoms. The van der Waals surface area contributed by atoms with Crippen molar-refractivity contribution in [1.82, 2.24) is 4.90 Å². The molecule has 1 aromatic rings. The first-order valence-electron chi connectivity index (χ1n) is 6.10. The third kappa shape index (κ3) is 2.86. The van der Waals surface area contributed by atoms with Gasteiger partial charge in [-0.15, -0.1) is 0 Å². The Balaban J connectivity index is 2.10. The number of nitrogens with two attached hydrogens (primary N) is 1. The van der Waals surface area contributed by atoms with Crippen molar-refractivity contribution < 1.29 is 9.50 Å². The number of likely N-dealkylation sites (tertiary alicyclic amines) is 1. The van der Waals surface area contributed by atoms with Gasteiger partial charge in [-0.05, 0) is 18.9 Å². The van der Waals surface area contributed by atoms with Crippen LogP contribution in [-0.2, 0) is 6.54 Å². The summed E-state index contributed by atoms with van der Waals surface area (Å²) in [4.78, 5) is 2.11. The van der Waals surface area contributed by atoms with E-state index in [4.69, 9.17) is 11.1 Å². The van der Waals surface area contributed by atoms with Gasteiger partial charge in [0.25, 0.3) is 0 Å². The minimum atomic E-state index is -0.406. The van der Waals surface area contributed by atoms with Crippen LogP contribution in [0.4, 0.5) is 4.39 Å². The maximum absolute atomic E-state index is 14.1. The predicted molar refractivity (Wildman–Crippen MR) is 67.9 cm³/mol. The molecule has 0 bridgehead atoms. The molecule has 0 radical (unpaired) electrons. The lowest BCUT2D eigenvalue weighted by atomic mass is 10.0. The lowest BCUT2D eigenvalue weighted by molar-refractivity contribution is 0.0787. The van der Waals surface area contributed by atoms with Gasteiger partial charge in [0.05, 0.1) is 11.7 Å². The van der Waals surface area contributed by atoms with Crippen LogP contribution in [0.3, 0.4) is 0 Å². The van der Waals surface area contributed by atoms with Crippen molar-refractivity contribution in [3.05, 3.63) is 35.1 Å². The van der Waals surface area contributed by atoms with Gasteiger partial charge in [0.1, 0.15) is 11.7 Å². The molecule has 1 fully saturated rings. The van der Waals surface area contributed by atoms with Gasteiger partial charge in [-0.1, -0.05) is 12.1 Å². The van der Waals surface area contributed by atoms with Crippen LogP contribution >= 0.6 is 0 Å². The molecule has 1 saturated heterocycles. The number of rotatable bonds is 3. The highest BCUT2D eigenvalue weighted by molar-refractivity contribution is 5.95. The van der Waals surface area contributed by atoms with E-state index in [1.54, 1.807) is 12.1 Å². The van der Waals surface area contributed by atoms with Gasteiger partial charge < -0.3 is 10.8 Å². The van der Waals surface area contributed by atoms with Gasteiger partial charge in [0, 0.05) is 25.2 Å². The van der Waals surface area contributed by atoms with Gasteiger partial charge >= 0.3 is 0 Å². The molecule has 0 unspecified atom stereocenters. The summed E-state index contributed by atoms with van der Waals surface area (Å²) < 4.78 is 14.1. The summed E-state index contributed by atoms with van der Waals surface area (Å²) in [6, 6.07) is 4.95. The second-order valence-corrected chi connectivity index (χ2v) is 4.70. The quantitative estimate of drug-likeness (QED) is 0.555. The van der Waals surface area contributed by atoms with Crippen molar-refractivity contribution >= 4 is 5.84 Å². The first kappa shape index (κ1) is 13.0. The standard InChI is InChI=1S/C13H18FN3O/c14-12-9(2-1-3-11(12)13(15)16)8-17-6-4-10(18)5-7-17/h1-3,10,18H,4-8H2,(H3,15,16). The first-order chi connectivity index (χ1) is 8.58. The average Bonchev–Trinajstić information content (AvgIpc) is 2.34. The highest BCUT2D eigenvalue weighted by Gasteiger charge is 2.19. The number of amidine groups is 1. The second kappa shape index (κ2) is 5.46. The van der Waals surface area contributed by atoms with E-state index in [0.29, 0.717) is 12.1 Å². The van der Waals surface area contributed by atoms with Crippen molar-refractivity contribution in [2.75, 3.05) is 13.1 Å². The van der Waals surface area contributed by atoms with Crippen LogP contribution in [-0.4, -0.2) is 35.0 Å². The Morgan fingerprint density at radius 2 is 2.11 bits per heavy atom. The Morgan fingerprint density at radius 3 is 2.72 bits per heavy atom. The fourth-order valence-corrected chi connectivity index (χ4v) is 2.23. The monoisotopic (exact) mass is 251 g/mol. The van der Waals surface area contributed by atoms with E-state index in [9.17, 15) is 9.50 Å². The van der Waals surface area contributed by atoms with Gasteiger partial charge in [-0.25, -0.2) is 4.39 Å². The van der Waals surface area contributed by atoms with Crippen LogP contribution in [0, 0.1) is 11.2 Å². The molecular formula is C13H18FN3O.